The first-order chi connectivity index (χ1) is 9.52. The number of nitriles is 1. The monoisotopic (exact) mass is 270 g/mol. The summed E-state index contributed by atoms with van der Waals surface area (Å²) in [5, 5.41) is 11.7. The van der Waals surface area contributed by atoms with Gasteiger partial charge in [0.25, 0.3) is 5.91 Å². The highest BCUT2D eigenvalue weighted by molar-refractivity contribution is 6.01. The molecule has 6 heteroatoms. The Morgan fingerprint density at radius 1 is 1.30 bits per heavy atom. The van der Waals surface area contributed by atoms with Gasteiger partial charge in [0.1, 0.15) is 11.9 Å². The lowest BCUT2D eigenvalue weighted by Crippen LogP contribution is -2.14. The average Bonchev–Trinajstić information content (AvgIpc) is 2.42. The maximum absolute atomic E-state index is 13.2. The molecule has 0 unspecified atom stereocenters. The van der Waals surface area contributed by atoms with Crippen LogP contribution in [0.2, 0.25) is 0 Å². The van der Waals surface area contributed by atoms with E-state index in [9.17, 15) is 9.18 Å². The van der Waals surface area contributed by atoms with Crippen LogP contribution in [-0.4, -0.2) is 5.91 Å². The summed E-state index contributed by atoms with van der Waals surface area (Å²) in [5.41, 5.74) is 12.3. The van der Waals surface area contributed by atoms with Gasteiger partial charge in [-0.2, -0.15) is 5.26 Å². The van der Waals surface area contributed by atoms with Crippen LogP contribution in [0.1, 0.15) is 15.9 Å². The maximum atomic E-state index is 13.2. The van der Waals surface area contributed by atoms with E-state index in [2.05, 4.69) is 5.32 Å². The highest BCUT2D eigenvalue weighted by atomic mass is 19.1. The zero-order valence-electron chi connectivity index (χ0n) is 10.4. The Morgan fingerprint density at radius 2 is 2.05 bits per heavy atom. The lowest BCUT2D eigenvalue weighted by atomic mass is 10.1. The number of carbonyl (C=O) groups is 1. The first-order valence-electron chi connectivity index (χ1n) is 5.68. The molecule has 0 atom stereocenters. The molecule has 2 rings (SSSR count). The molecule has 20 heavy (non-hydrogen) atoms. The molecule has 5 N–H and O–H groups in total. The maximum Gasteiger partial charge on any atom is 0.250 e. The van der Waals surface area contributed by atoms with Crippen molar-refractivity contribution in [2.24, 2.45) is 5.73 Å². The topological polar surface area (TPSA) is 105 Å². The van der Waals surface area contributed by atoms with Crippen LogP contribution in [0, 0.1) is 17.1 Å². The molecule has 0 aromatic heterocycles. The Morgan fingerprint density at radius 3 is 2.70 bits per heavy atom. The number of halogens is 1. The second kappa shape index (κ2) is 5.28. The number of rotatable bonds is 3. The molecule has 0 aliphatic carbocycles. The summed E-state index contributed by atoms with van der Waals surface area (Å²) < 4.78 is 13.2. The van der Waals surface area contributed by atoms with E-state index in [-0.39, 0.29) is 16.8 Å². The van der Waals surface area contributed by atoms with Crippen molar-refractivity contribution in [2.75, 3.05) is 11.1 Å². The van der Waals surface area contributed by atoms with E-state index < -0.39 is 11.7 Å². The molecule has 2 aromatic carbocycles. The third kappa shape index (κ3) is 2.52. The number of hydrogen-bond donors (Lipinski definition) is 3. The lowest BCUT2D eigenvalue weighted by Gasteiger charge is -2.11. The Balaban J connectivity index is 2.38. The highest BCUT2D eigenvalue weighted by Crippen LogP contribution is 2.26. The fourth-order valence-electron chi connectivity index (χ4n) is 1.73. The van der Waals surface area contributed by atoms with Gasteiger partial charge < -0.3 is 16.8 Å². The third-order valence-electron chi connectivity index (χ3n) is 2.74. The molecule has 0 saturated heterocycles. The molecule has 0 radical (unpaired) electrons. The minimum atomic E-state index is -0.636. The van der Waals surface area contributed by atoms with E-state index in [1.165, 1.54) is 24.3 Å². The summed E-state index contributed by atoms with van der Waals surface area (Å²) in [7, 11) is 0. The van der Waals surface area contributed by atoms with Crippen LogP contribution < -0.4 is 16.8 Å². The first kappa shape index (κ1) is 13.4. The zero-order valence-corrected chi connectivity index (χ0v) is 10.4. The van der Waals surface area contributed by atoms with Gasteiger partial charge in [0.15, 0.2) is 0 Å². The number of hydrogen-bond acceptors (Lipinski definition) is 4. The number of anilines is 3. The Bertz CT molecular complexity index is 722. The number of nitrogens with one attached hydrogen (secondary N) is 1. The number of benzene rings is 2. The van der Waals surface area contributed by atoms with Crippen molar-refractivity contribution in [1.82, 2.24) is 0 Å². The van der Waals surface area contributed by atoms with Gasteiger partial charge in [0.2, 0.25) is 0 Å². The molecule has 0 fully saturated rings. The number of para-hydroxylation sites is 1. The van der Waals surface area contributed by atoms with Crippen LogP contribution in [0.3, 0.4) is 0 Å². The van der Waals surface area contributed by atoms with E-state index >= 15 is 0 Å². The largest absolute Gasteiger partial charge is 0.396 e. The summed E-state index contributed by atoms with van der Waals surface area (Å²) in [6, 6.07) is 10.5. The highest BCUT2D eigenvalue weighted by Gasteiger charge is 2.10. The van der Waals surface area contributed by atoms with Gasteiger partial charge in [-0.25, -0.2) is 4.39 Å². The molecule has 0 aliphatic rings. The predicted molar refractivity (Wildman–Crippen MR) is 73.8 cm³/mol. The van der Waals surface area contributed by atoms with Crippen molar-refractivity contribution in [1.29, 1.82) is 5.26 Å². The van der Waals surface area contributed by atoms with Crippen molar-refractivity contribution in [3.63, 3.8) is 0 Å². The summed E-state index contributed by atoms with van der Waals surface area (Å²) >= 11 is 0. The summed E-state index contributed by atoms with van der Waals surface area (Å²) in [4.78, 5) is 11.2. The van der Waals surface area contributed by atoms with Gasteiger partial charge in [0, 0.05) is 5.69 Å². The summed E-state index contributed by atoms with van der Waals surface area (Å²) in [5.74, 6) is -1.24. The van der Waals surface area contributed by atoms with Crippen molar-refractivity contribution < 1.29 is 9.18 Å². The zero-order chi connectivity index (χ0) is 14.7. The van der Waals surface area contributed by atoms with Crippen molar-refractivity contribution in [3.8, 4) is 6.07 Å². The van der Waals surface area contributed by atoms with Crippen LogP contribution in [0.5, 0.6) is 0 Å². The number of nitrogens with two attached hydrogens (primary N) is 2. The van der Waals surface area contributed by atoms with E-state index in [1.807, 2.05) is 0 Å². The van der Waals surface area contributed by atoms with Crippen LogP contribution >= 0.6 is 0 Å². The van der Waals surface area contributed by atoms with Gasteiger partial charge in [0.05, 0.1) is 22.5 Å². The minimum Gasteiger partial charge on any atom is -0.396 e. The SMILES string of the molecule is N#Cc1cc(Nc2cccc(C(N)=O)c2N)ccc1F. The Hall–Kier alpha value is -3.07. The van der Waals surface area contributed by atoms with Gasteiger partial charge in [-0.15, -0.1) is 0 Å². The third-order valence-corrected chi connectivity index (χ3v) is 2.74. The van der Waals surface area contributed by atoms with E-state index in [4.69, 9.17) is 16.7 Å². The number of amides is 1. The molecule has 0 spiro atoms. The van der Waals surface area contributed by atoms with E-state index in [1.54, 1.807) is 18.2 Å². The number of nitrogen functional groups attached to an aromatic ring is 1. The van der Waals surface area contributed by atoms with E-state index in [0.29, 0.717) is 11.4 Å². The standard InChI is InChI=1S/C14H11FN4O/c15-11-5-4-9(6-8(11)7-16)19-12-3-1-2-10(13(12)17)14(18)20/h1-6,19H,17H2,(H2,18,20). The number of nitrogens with zero attached hydrogens (tertiary/aromatic N) is 1. The smallest absolute Gasteiger partial charge is 0.250 e. The second-order valence-electron chi connectivity index (χ2n) is 4.06. The molecular formula is C14H11FN4O. The van der Waals surface area contributed by atoms with Gasteiger partial charge in [-0.3, -0.25) is 4.79 Å². The molecule has 2 aromatic rings. The molecule has 1 amide bonds. The van der Waals surface area contributed by atoms with Crippen molar-refractivity contribution in [3.05, 3.63) is 53.3 Å². The average molecular weight is 270 g/mol. The Kier molecular flexibility index (Phi) is 3.53. The molecule has 0 saturated carbocycles. The quantitative estimate of drug-likeness (QED) is 0.743. The summed E-state index contributed by atoms with van der Waals surface area (Å²) in [6.07, 6.45) is 0. The lowest BCUT2D eigenvalue weighted by molar-refractivity contribution is 0.100. The van der Waals surface area contributed by atoms with Gasteiger partial charge in [-0.1, -0.05) is 6.07 Å². The van der Waals surface area contributed by atoms with Crippen LogP contribution in [0.15, 0.2) is 36.4 Å². The predicted octanol–water partition coefficient (Wildman–Crippen LogP) is 2.12. The Labute approximate surface area is 114 Å². The number of primary amides is 1. The molecular weight excluding hydrogens is 259 g/mol. The second-order valence-corrected chi connectivity index (χ2v) is 4.06. The first-order valence-corrected chi connectivity index (χ1v) is 5.68. The van der Waals surface area contributed by atoms with Gasteiger partial charge >= 0.3 is 0 Å². The van der Waals surface area contributed by atoms with Gasteiger partial charge in [-0.05, 0) is 30.3 Å². The van der Waals surface area contributed by atoms with Crippen molar-refractivity contribution in [2.45, 2.75) is 0 Å². The van der Waals surface area contributed by atoms with Crippen LogP contribution in [-0.2, 0) is 0 Å². The molecule has 100 valence electrons. The fourth-order valence-corrected chi connectivity index (χ4v) is 1.73. The minimum absolute atomic E-state index is 0.0837. The number of carbonyl (C=O) groups excluding carboxylic acids is 1. The van der Waals surface area contributed by atoms with E-state index in [0.717, 1.165) is 0 Å². The normalized spacial score (nSPS) is 9.80. The van der Waals surface area contributed by atoms with Crippen LogP contribution in [0.4, 0.5) is 21.5 Å². The van der Waals surface area contributed by atoms with Crippen LogP contribution in [0.25, 0.3) is 0 Å². The van der Waals surface area contributed by atoms with Crippen molar-refractivity contribution >= 4 is 23.0 Å². The summed E-state index contributed by atoms with van der Waals surface area (Å²) in [6.45, 7) is 0. The molecule has 0 aliphatic heterocycles. The molecule has 5 nitrogen and oxygen atoms in total. The fraction of sp³-hybridized carbons (Fsp3) is 0. The molecule has 0 bridgehead atoms. The molecule has 0 heterocycles.